The summed E-state index contributed by atoms with van der Waals surface area (Å²) in [6.45, 7) is 0. The zero-order chi connectivity index (χ0) is 13.4. The van der Waals surface area contributed by atoms with Crippen molar-refractivity contribution in [1.29, 1.82) is 0 Å². The predicted molar refractivity (Wildman–Crippen MR) is 73.5 cm³/mol. The molecule has 0 aromatic heterocycles. The molecule has 3 rings (SSSR count). The highest BCUT2D eigenvalue weighted by Gasteiger charge is 2.29. The second-order valence-electron chi connectivity index (χ2n) is 4.56. The van der Waals surface area contributed by atoms with Gasteiger partial charge < -0.3 is 9.84 Å². The third kappa shape index (κ3) is 2.38. The van der Waals surface area contributed by atoms with Crippen molar-refractivity contribution in [2.24, 2.45) is 0 Å². The van der Waals surface area contributed by atoms with E-state index in [0.717, 1.165) is 5.56 Å². The number of aliphatic hydroxyl groups is 1. The van der Waals surface area contributed by atoms with Crippen LogP contribution in [0.1, 0.15) is 29.8 Å². The maximum absolute atomic E-state index is 13.9. The van der Waals surface area contributed by atoms with E-state index >= 15 is 0 Å². The first-order chi connectivity index (χ1) is 9.15. The summed E-state index contributed by atoms with van der Waals surface area (Å²) in [6, 6.07) is 12.2. The molecule has 2 atom stereocenters. The molecule has 1 N–H and O–H groups in total. The fourth-order valence-corrected chi connectivity index (χ4v) is 2.68. The van der Waals surface area contributed by atoms with Gasteiger partial charge in [-0.15, -0.1) is 0 Å². The van der Waals surface area contributed by atoms with Crippen LogP contribution in [-0.2, 0) is 0 Å². The van der Waals surface area contributed by atoms with Gasteiger partial charge in [-0.05, 0) is 18.2 Å². The largest absolute Gasteiger partial charge is 0.485 e. The number of rotatable bonds is 1. The van der Waals surface area contributed by atoms with Crippen LogP contribution in [0.2, 0.25) is 0 Å². The predicted octanol–water partition coefficient (Wildman–Crippen LogP) is 4.15. The molecular weight excluding hydrogens is 311 g/mol. The van der Waals surface area contributed by atoms with Crippen molar-refractivity contribution < 1.29 is 14.2 Å². The Balaban J connectivity index is 1.97. The third-order valence-corrected chi connectivity index (χ3v) is 3.79. The van der Waals surface area contributed by atoms with Crippen molar-refractivity contribution in [3.63, 3.8) is 0 Å². The van der Waals surface area contributed by atoms with Crippen LogP contribution in [0.3, 0.4) is 0 Å². The third-order valence-electron chi connectivity index (χ3n) is 3.29. The molecule has 98 valence electrons. The molecule has 1 aliphatic heterocycles. The molecule has 2 aromatic rings. The lowest BCUT2D eigenvalue weighted by molar-refractivity contribution is 0.0640. The number of aliphatic hydroxyl groups excluding tert-OH is 1. The van der Waals surface area contributed by atoms with E-state index in [1.807, 2.05) is 18.2 Å². The minimum atomic E-state index is -0.627. The minimum absolute atomic E-state index is 0.328. The van der Waals surface area contributed by atoms with Gasteiger partial charge in [-0.1, -0.05) is 40.2 Å². The number of benzene rings is 2. The molecule has 0 aliphatic carbocycles. The summed E-state index contributed by atoms with van der Waals surface area (Å²) in [7, 11) is 0. The average Bonchev–Trinajstić information content (AvgIpc) is 2.38. The van der Waals surface area contributed by atoms with E-state index in [2.05, 4.69) is 15.9 Å². The Kier molecular flexibility index (Phi) is 3.29. The van der Waals surface area contributed by atoms with Crippen LogP contribution in [0.4, 0.5) is 4.39 Å². The Labute approximate surface area is 119 Å². The summed E-state index contributed by atoms with van der Waals surface area (Å²) < 4.78 is 20.4. The highest BCUT2D eigenvalue weighted by atomic mass is 79.9. The van der Waals surface area contributed by atoms with Gasteiger partial charge in [0.1, 0.15) is 17.7 Å². The van der Waals surface area contributed by atoms with Crippen LogP contribution in [0.25, 0.3) is 0 Å². The van der Waals surface area contributed by atoms with Crippen molar-refractivity contribution in [2.45, 2.75) is 18.6 Å². The van der Waals surface area contributed by atoms with E-state index in [0.29, 0.717) is 22.2 Å². The number of fused-ring (bicyclic) bond motifs is 1. The fourth-order valence-electron chi connectivity index (χ4n) is 2.35. The van der Waals surface area contributed by atoms with E-state index < -0.39 is 12.2 Å². The van der Waals surface area contributed by atoms with Gasteiger partial charge in [-0.3, -0.25) is 0 Å². The molecule has 0 saturated heterocycles. The second-order valence-corrected chi connectivity index (χ2v) is 5.48. The van der Waals surface area contributed by atoms with Gasteiger partial charge in [0, 0.05) is 22.0 Å². The molecule has 4 heteroatoms. The number of halogens is 2. The van der Waals surface area contributed by atoms with Crippen molar-refractivity contribution in [3.8, 4) is 5.75 Å². The molecule has 0 radical (unpaired) electrons. The van der Waals surface area contributed by atoms with Gasteiger partial charge in [0.05, 0.1) is 6.10 Å². The zero-order valence-corrected chi connectivity index (χ0v) is 11.6. The Morgan fingerprint density at radius 3 is 2.74 bits per heavy atom. The molecule has 2 nitrogen and oxygen atoms in total. The first kappa shape index (κ1) is 12.6. The minimum Gasteiger partial charge on any atom is -0.485 e. The van der Waals surface area contributed by atoms with Crippen molar-refractivity contribution in [1.82, 2.24) is 0 Å². The van der Waals surface area contributed by atoms with Gasteiger partial charge >= 0.3 is 0 Å². The van der Waals surface area contributed by atoms with Crippen LogP contribution in [0, 0.1) is 5.82 Å². The van der Waals surface area contributed by atoms with Crippen LogP contribution in [0.5, 0.6) is 5.75 Å². The average molecular weight is 323 g/mol. The van der Waals surface area contributed by atoms with E-state index in [1.54, 1.807) is 18.2 Å². The van der Waals surface area contributed by atoms with Gasteiger partial charge in [0.2, 0.25) is 0 Å². The maximum Gasteiger partial charge on any atom is 0.131 e. The summed E-state index contributed by atoms with van der Waals surface area (Å²) in [5.74, 6) is 0.291. The molecule has 0 bridgehead atoms. The summed E-state index contributed by atoms with van der Waals surface area (Å²) in [5, 5.41) is 10.1. The van der Waals surface area contributed by atoms with E-state index in [1.165, 1.54) is 6.07 Å². The van der Waals surface area contributed by atoms with Gasteiger partial charge in [-0.2, -0.15) is 0 Å². The van der Waals surface area contributed by atoms with E-state index in [9.17, 15) is 9.50 Å². The van der Waals surface area contributed by atoms with Crippen LogP contribution >= 0.6 is 15.9 Å². The van der Waals surface area contributed by atoms with Crippen LogP contribution in [-0.4, -0.2) is 5.11 Å². The van der Waals surface area contributed by atoms with E-state index in [4.69, 9.17) is 4.74 Å². The Hall–Kier alpha value is -1.39. The molecule has 1 heterocycles. The SMILES string of the molecule is O[C@@H]1CC(c2ccc(Br)cc2F)Oc2ccccc21. The molecule has 1 unspecified atom stereocenters. The highest BCUT2D eigenvalue weighted by molar-refractivity contribution is 9.10. The van der Waals surface area contributed by atoms with E-state index in [-0.39, 0.29) is 5.82 Å². The van der Waals surface area contributed by atoms with Crippen LogP contribution in [0.15, 0.2) is 46.9 Å². The lowest BCUT2D eigenvalue weighted by Gasteiger charge is -2.30. The topological polar surface area (TPSA) is 29.5 Å². The molecular formula is C15H12BrFO2. The normalized spacial score (nSPS) is 21.6. The first-order valence-electron chi connectivity index (χ1n) is 6.04. The molecule has 2 aromatic carbocycles. The quantitative estimate of drug-likeness (QED) is 0.854. The molecule has 1 aliphatic rings. The number of para-hydroxylation sites is 1. The Morgan fingerprint density at radius 1 is 1.16 bits per heavy atom. The lowest BCUT2D eigenvalue weighted by atomic mass is 9.95. The second kappa shape index (κ2) is 4.94. The number of hydrogen-bond donors (Lipinski definition) is 1. The Morgan fingerprint density at radius 2 is 1.95 bits per heavy atom. The summed E-state index contributed by atoms with van der Waals surface area (Å²) >= 11 is 3.23. The van der Waals surface area contributed by atoms with Crippen LogP contribution < -0.4 is 4.74 Å². The summed E-state index contributed by atoms with van der Waals surface area (Å²) in [5.41, 5.74) is 1.23. The smallest absolute Gasteiger partial charge is 0.131 e. The standard InChI is InChI=1S/C15H12BrFO2/c16-9-5-6-10(12(17)7-9)15-8-13(18)11-3-1-2-4-14(11)19-15/h1-7,13,15,18H,8H2/t13-,15?/m1/s1. The van der Waals surface area contributed by atoms with Crippen molar-refractivity contribution in [2.75, 3.05) is 0 Å². The molecule has 19 heavy (non-hydrogen) atoms. The monoisotopic (exact) mass is 322 g/mol. The molecule has 0 fully saturated rings. The maximum atomic E-state index is 13.9. The lowest BCUT2D eigenvalue weighted by Crippen LogP contribution is -2.19. The van der Waals surface area contributed by atoms with Crippen molar-refractivity contribution in [3.05, 3.63) is 63.9 Å². The molecule has 0 amide bonds. The molecule has 0 spiro atoms. The van der Waals surface area contributed by atoms with Gasteiger partial charge in [0.15, 0.2) is 0 Å². The Bertz CT molecular complexity index is 615. The fraction of sp³-hybridized carbons (Fsp3) is 0.200. The van der Waals surface area contributed by atoms with Gasteiger partial charge in [0.25, 0.3) is 0 Å². The highest BCUT2D eigenvalue weighted by Crippen LogP contribution is 2.41. The first-order valence-corrected chi connectivity index (χ1v) is 6.83. The summed E-state index contributed by atoms with van der Waals surface area (Å²) in [4.78, 5) is 0. The summed E-state index contributed by atoms with van der Waals surface area (Å²) in [6.07, 6.45) is -0.730. The zero-order valence-electron chi connectivity index (χ0n) is 10.0. The molecule has 0 saturated carbocycles. The number of ether oxygens (including phenoxy) is 1. The number of hydrogen-bond acceptors (Lipinski definition) is 2. The van der Waals surface area contributed by atoms with Crippen molar-refractivity contribution >= 4 is 15.9 Å². The van der Waals surface area contributed by atoms with Gasteiger partial charge in [-0.25, -0.2) is 4.39 Å².